The number of ether oxygens (including phenoxy) is 3. The van der Waals surface area contributed by atoms with Crippen LogP contribution in [-0.2, 0) is 16.1 Å². The summed E-state index contributed by atoms with van der Waals surface area (Å²) in [6.45, 7) is 1.17. The van der Waals surface area contributed by atoms with Crippen molar-refractivity contribution in [2.75, 3.05) is 14.2 Å². The molecule has 42 heavy (non-hydrogen) atoms. The summed E-state index contributed by atoms with van der Waals surface area (Å²) in [5.41, 5.74) is 1.71. The fourth-order valence-corrected chi connectivity index (χ4v) is 5.67. The van der Waals surface area contributed by atoms with Crippen LogP contribution in [0.3, 0.4) is 0 Å². The maximum atomic E-state index is 14.1. The molecule has 0 saturated carbocycles. The quantitative estimate of drug-likeness (QED) is 0.177. The molecule has 2 heterocycles. The lowest BCUT2D eigenvalue weighted by Gasteiger charge is -2.24. The normalized spacial score (nSPS) is 14.8. The zero-order valence-electron chi connectivity index (χ0n) is 22.4. The Balaban J connectivity index is 1.57. The molecule has 0 saturated heterocycles. The second-order valence-electron chi connectivity index (χ2n) is 9.14. The Morgan fingerprint density at radius 2 is 1.71 bits per heavy atom. The minimum Gasteiger partial charge on any atom is -0.496 e. The van der Waals surface area contributed by atoms with Gasteiger partial charge in [0.1, 0.15) is 12.4 Å². The van der Waals surface area contributed by atoms with Gasteiger partial charge >= 0.3 is 5.97 Å². The standard InChI is InChI=1S/C30H22F4N2O5S/c1-15-23(29(38)40-3)26(17-7-5-4-6-8-17)36-28(37)22(42-30(36)35-15)12-16-9-10-21(39-2)18(11-16)14-41-27-24(33)19(31)13-20(32)25(27)34/h4-13,26H,14H2,1-3H3/b22-12-/t26-/m0/s1. The monoisotopic (exact) mass is 598 g/mol. The van der Waals surface area contributed by atoms with Crippen LogP contribution >= 0.6 is 11.3 Å². The molecular weight excluding hydrogens is 576 g/mol. The van der Waals surface area contributed by atoms with Crippen molar-refractivity contribution < 1.29 is 36.6 Å². The fourth-order valence-electron chi connectivity index (χ4n) is 4.62. The van der Waals surface area contributed by atoms with Gasteiger partial charge in [-0.25, -0.2) is 18.6 Å². The van der Waals surface area contributed by atoms with Gasteiger partial charge in [-0.05, 0) is 36.3 Å². The lowest BCUT2D eigenvalue weighted by molar-refractivity contribution is -0.136. The Kier molecular flexibility index (Phi) is 7.99. The highest BCUT2D eigenvalue weighted by Gasteiger charge is 2.33. The van der Waals surface area contributed by atoms with Gasteiger partial charge < -0.3 is 14.2 Å². The van der Waals surface area contributed by atoms with Gasteiger partial charge in [-0.2, -0.15) is 8.78 Å². The first-order valence-electron chi connectivity index (χ1n) is 12.4. The number of methoxy groups -OCH3 is 2. The first kappa shape index (κ1) is 28.8. The SMILES string of the molecule is COC(=O)C1=C(C)N=c2s/c(=C\c3ccc(OC)c(COc4c(F)c(F)cc(F)c4F)c3)c(=O)n2[C@H]1c1ccccc1. The molecule has 216 valence electrons. The van der Waals surface area contributed by atoms with Crippen LogP contribution in [0.5, 0.6) is 11.5 Å². The number of nitrogens with zero attached hydrogens (tertiary/aromatic N) is 2. The minimum atomic E-state index is -1.67. The molecule has 5 rings (SSSR count). The highest BCUT2D eigenvalue weighted by atomic mass is 32.1. The Morgan fingerprint density at radius 1 is 1.02 bits per heavy atom. The number of thiazole rings is 1. The fraction of sp³-hybridized carbons (Fsp3) is 0.167. The van der Waals surface area contributed by atoms with Gasteiger partial charge in [0, 0.05) is 11.6 Å². The molecule has 0 fully saturated rings. The molecule has 0 N–H and O–H groups in total. The summed E-state index contributed by atoms with van der Waals surface area (Å²) in [5.74, 6) is -8.07. The maximum Gasteiger partial charge on any atom is 0.338 e. The summed E-state index contributed by atoms with van der Waals surface area (Å²) in [7, 11) is 2.62. The third kappa shape index (κ3) is 5.20. The molecule has 1 aliphatic heterocycles. The third-order valence-electron chi connectivity index (χ3n) is 6.59. The summed E-state index contributed by atoms with van der Waals surface area (Å²) >= 11 is 1.11. The predicted octanol–water partition coefficient (Wildman–Crippen LogP) is 4.55. The highest BCUT2D eigenvalue weighted by Crippen LogP contribution is 2.31. The van der Waals surface area contributed by atoms with E-state index in [1.54, 1.807) is 55.5 Å². The zero-order valence-corrected chi connectivity index (χ0v) is 23.2. The number of aromatic nitrogens is 1. The average Bonchev–Trinajstić information content (AvgIpc) is 3.29. The minimum absolute atomic E-state index is 0.0899. The maximum absolute atomic E-state index is 14.1. The van der Waals surface area contributed by atoms with Crippen LogP contribution in [-0.4, -0.2) is 24.8 Å². The second-order valence-corrected chi connectivity index (χ2v) is 10.2. The Labute approximate surface area is 240 Å². The Morgan fingerprint density at radius 3 is 2.36 bits per heavy atom. The van der Waals surface area contributed by atoms with Crippen LogP contribution in [0.25, 0.3) is 6.08 Å². The number of carbonyl (C=O) groups is 1. The largest absolute Gasteiger partial charge is 0.496 e. The van der Waals surface area contributed by atoms with E-state index in [0.29, 0.717) is 21.6 Å². The molecule has 0 unspecified atom stereocenters. The van der Waals surface area contributed by atoms with Crippen molar-refractivity contribution in [3.05, 3.63) is 126 Å². The molecule has 1 atom stereocenters. The van der Waals surface area contributed by atoms with Gasteiger partial charge in [0.05, 0.1) is 36.1 Å². The van der Waals surface area contributed by atoms with Crippen LogP contribution in [0.4, 0.5) is 17.6 Å². The lowest BCUT2D eigenvalue weighted by Crippen LogP contribution is -2.39. The number of halogens is 4. The number of hydrogen-bond donors (Lipinski definition) is 0. The first-order valence-corrected chi connectivity index (χ1v) is 13.2. The predicted molar refractivity (Wildman–Crippen MR) is 146 cm³/mol. The van der Waals surface area contributed by atoms with Gasteiger partial charge in [-0.1, -0.05) is 47.7 Å². The lowest BCUT2D eigenvalue weighted by atomic mass is 9.96. The number of allylic oxidation sites excluding steroid dienone is 1. The number of benzene rings is 3. The van der Waals surface area contributed by atoms with E-state index >= 15 is 0 Å². The van der Waals surface area contributed by atoms with Crippen molar-refractivity contribution in [1.29, 1.82) is 0 Å². The molecule has 7 nitrogen and oxygen atoms in total. The molecule has 1 aliphatic rings. The molecule has 1 aromatic heterocycles. The summed E-state index contributed by atoms with van der Waals surface area (Å²) in [6.07, 6.45) is 1.58. The van der Waals surface area contributed by atoms with Gasteiger partial charge in [0.25, 0.3) is 5.56 Å². The van der Waals surface area contributed by atoms with E-state index in [-0.39, 0.29) is 27.5 Å². The van der Waals surface area contributed by atoms with Crippen molar-refractivity contribution in [3.63, 3.8) is 0 Å². The molecule has 3 aromatic carbocycles. The van der Waals surface area contributed by atoms with Crippen molar-refractivity contribution in [1.82, 2.24) is 4.57 Å². The average molecular weight is 599 g/mol. The van der Waals surface area contributed by atoms with E-state index in [9.17, 15) is 27.2 Å². The number of esters is 1. The van der Waals surface area contributed by atoms with E-state index in [1.165, 1.54) is 18.8 Å². The number of fused-ring (bicyclic) bond motifs is 1. The summed E-state index contributed by atoms with van der Waals surface area (Å²) in [4.78, 5) is 31.4. The van der Waals surface area contributed by atoms with Gasteiger partial charge in [0.15, 0.2) is 22.2 Å². The Hall–Kier alpha value is -4.71. The van der Waals surface area contributed by atoms with Crippen LogP contribution in [0.15, 0.2) is 75.7 Å². The van der Waals surface area contributed by atoms with Crippen LogP contribution in [0, 0.1) is 23.3 Å². The molecule has 12 heteroatoms. The zero-order chi connectivity index (χ0) is 30.1. The molecule has 4 aromatic rings. The van der Waals surface area contributed by atoms with Gasteiger partial charge in [-0.3, -0.25) is 9.36 Å². The topological polar surface area (TPSA) is 79.1 Å². The number of carbonyl (C=O) groups excluding carboxylic acids is 1. The van der Waals surface area contributed by atoms with Crippen LogP contribution in [0.2, 0.25) is 0 Å². The van der Waals surface area contributed by atoms with E-state index in [1.807, 2.05) is 6.07 Å². The van der Waals surface area contributed by atoms with Gasteiger partial charge in [0.2, 0.25) is 11.6 Å². The second kappa shape index (κ2) is 11.6. The molecule has 0 radical (unpaired) electrons. The summed E-state index contributed by atoms with van der Waals surface area (Å²) in [5, 5.41) is 0. The van der Waals surface area contributed by atoms with Crippen LogP contribution in [0.1, 0.15) is 29.7 Å². The summed E-state index contributed by atoms with van der Waals surface area (Å²) in [6, 6.07) is 13.1. The number of hydrogen-bond acceptors (Lipinski definition) is 7. The molecule has 0 aliphatic carbocycles. The van der Waals surface area contributed by atoms with Crippen molar-refractivity contribution in [2.24, 2.45) is 4.99 Å². The smallest absolute Gasteiger partial charge is 0.338 e. The van der Waals surface area contributed by atoms with E-state index in [0.717, 1.165) is 11.3 Å². The van der Waals surface area contributed by atoms with Gasteiger partial charge in [-0.15, -0.1) is 0 Å². The van der Waals surface area contributed by atoms with Crippen molar-refractivity contribution in [2.45, 2.75) is 19.6 Å². The van der Waals surface area contributed by atoms with Crippen molar-refractivity contribution in [3.8, 4) is 11.5 Å². The Bertz CT molecular complexity index is 1890. The van der Waals surface area contributed by atoms with E-state index in [4.69, 9.17) is 14.2 Å². The molecular formula is C30H22F4N2O5S. The van der Waals surface area contributed by atoms with E-state index in [2.05, 4.69) is 4.99 Å². The summed E-state index contributed by atoms with van der Waals surface area (Å²) < 4.78 is 72.6. The highest BCUT2D eigenvalue weighted by molar-refractivity contribution is 7.07. The van der Waals surface area contributed by atoms with Crippen molar-refractivity contribution >= 4 is 23.4 Å². The third-order valence-corrected chi connectivity index (χ3v) is 7.57. The molecule has 0 amide bonds. The first-order chi connectivity index (χ1) is 20.1. The number of rotatable bonds is 7. The molecule has 0 bridgehead atoms. The van der Waals surface area contributed by atoms with Crippen LogP contribution < -0.4 is 24.4 Å². The van der Waals surface area contributed by atoms with E-state index < -0.39 is 53.2 Å². The molecule has 0 spiro atoms.